The number of methoxy groups -OCH3 is 1. The van der Waals surface area contributed by atoms with Crippen molar-refractivity contribution in [3.8, 4) is 5.69 Å². The Morgan fingerprint density at radius 2 is 1.90 bits per heavy atom. The van der Waals surface area contributed by atoms with E-state index in [1.807, 2.05) is 47.2 Å². The number of aromatic nitrogens is 1. The van der Waals surface area contributed by atoms with Crippen molar-refractivity contribution in [2.45, 2.75) is 19.0 Å². The molecule has 0 radical (unpaired) electrons. The Labute approximate surface area is 173 Å². The zero-order valence-electron chi connectivity index (χ0n) is 16.6. The Morgan fingerprint density at radius 1 is 1.13 bits per heavy atom. The Kier molecular flexibility index (Phi) is 5.81. The molecule has 156 valence electrons. The van der Waals surface area contributed by atoms with Crippen LogP contribution >= 0.6 is 0 Å². The largest absolute Gasteiger partial charge is 0.385 e. The quantitative estimate of drug-likeness (QED) is 0.633. The molecule has 1 unspecified atom stereocenters. The van der Waals surface area contributed by atoms with Gasteiger partial charge in [-0.15, -0.1) is 0 Å². The summed E-state index contributed by atoms with van der Waals surface area (Å²) in [4.78, 5) is 14.8. The Bertz CT molecular complexity index is 1030. The van der Waals surface area contributed by atoms with E-state index in [1.54, 1.807) is 12.0 Å². The van der Waals surface area contributed by atoms with Gasteiger partial charge in [0.05, 0.1) is 18.3 Å². The highest BCUT2D eigenvalue weighted by Crippen LogP contribution is 2.37. The third kappa shape index (κ3) is 3.93. The van der Waals surface area contributed by atoms with Crippen LogP contribution in [0.25, 0.3) is 5.69 Å². The molecule has 0 saturated carbocycles. The molecule has 0 aliphatic carbocycles. The number of carbonyl (C=O) groups is 1. The van der Waals surface area contributed by atoms with Crippen LogP contribution in [0.1, 0.15) is 29.3 Å². The second-order valence-electron chi connectivity index (χ2n) is 7.24. The fourth-order valence-electron chi connectivity index (χ4n) is 3.94. The molecule has 1 aromatic heterocycles. The van der Waals surface area contributed by atoms with E-state index in [0.717, 1.165) is 23.0 Å². The van der Waals surface area contributed by atoms with Gasteiger partial charge in [-0.05, 0) is 47.9 Å². The number of fused-ring (bicyclic) bond motifs is 3. The van der Waals surface area contributed by atoms with Crippen molar-refractivity contribution >= 4 is 6.03 Å². The summed E-state index contributed by atoms with van der Waals surface area (Å²) in [5.74, 6) is -1.35. The molecule has 5 nitrogen and oxygen atoms in total. The second kappa shape index (κ2) is 8.67. The van der Waals surface area contributed by atoms with E-state index in [1.165, 1.54) is 12.1 Å². The van der Waals surface area contributed by atoms with E-state index in [4.69, 9.17) is 4.74 Å². The van der Waals surface area contributed by atoms with E-state index in [9.17, 15) is 13.6 Å². The Balaban J connectivity index is 1.80. The van der Waals surface area contributed by atoms with Gasteiger partial charge in [0.25, 0.3) is 0 Å². The first-order chi connectivity index (χ1) is 14.6. The second-order valence-corrected chi connectivity index (χ2v) is 7.24. The van der Waals surface area contributed by atoms with Crippen molar-refractivity contribution in [2.24, 2.45) is 0 Å². The summed E-state index contributed by atoms with van der Waals surface area (Å²) in [6.07, 6.45) is 2.57. The van der Waals surface area contributed by atoms with Crippen molar-refractivity contribution < 1.29 is 18.3 Å². The average molecular weight is 411 g/mol. The van der Waals surface area contributed by atoms with Crippen molar-refractivity contribution in [3.05, 3.63) is 89.2 Å². The Morgan fingerprint density at radius 3 is 2.67 bits per heavy atom. The van der Waals surface area contributed by atoms with Crippen LogP contribution in [0.5, 0.6) is 0 Å². The van der Waals surface area contributed by atoms with Gasteiger partial charge in [-0.25, -0.2) is 13.6 Å². The first kappa shape index (κ1) is 20.1. The maximum atomic E-state index is 14.1. The number of ether oxygens (including phenoxy) is 1. The van der Waals surface area contributed by atoms with Crippen LogP contribution < -0.4 is 5.32 Å². The molecule has 7 heteroatoms. The van der Waals surface area contributed by atoms with E-state index in [0.29, 0.717) is 31.7 Å². The van der Waals surface area contributed by atoms with E-state index in [2.05, 4.69) is 5.32 Å². The number of nitrogens with one attached hydrogen (secondary N) is 1. The molecule has 1 aliphatic rings. The monoisotopic (exact) mass is 411 g/mol. The lowest BCUT2D eigenvalue weighted by Crippen LogP contribution is -2.42. The van der Waals surface area contributed by atoms with Crippen molar-refractivity contribution in [1.82, 2.24) is 14.8 Å². The molecule has 2 aromatic carbocycles. The summed E-state index contributed by atoms with van der Waals surface area (Å²) >= 11 is 0. The molecule has 0 bridgehead atoms. The van der Waals surface area contributed by atoms with Crippen molar-refractivity contribution in [3.63, 3.8) is 0 Å². The fraction of sp³-hybridized carbons (Fsp3) is 0.261. The molecule has 0 spiro atoms. The number of urea groups is 1. The average Bonchev–Trinajstić information content (AvgIpc) is 3.14. The molecule has 1 aliphatic heterocycles. The minimum absolute atomic E-state index is 0.301. The molecule has 30 heavy (non-hydrogen) atoms. The number of benzene rings is 2. The number of rotatable bonds is 5. The molecule has 1 N–H and O–H groups in total. The van der Waals surface area contributed by atoms with Gasteiger partial charge in [0.2, 0.25) is 0 Å². The molecular formula is C23H23F2N3O2. The van der Waals surface area contributed by atoms with Crippen LogP contribution in [0.2, 0.25) is 0 Å². The SMILES string of the molecule is COCCCNC(=O)N1Cc2ccccc2-n2cccc2C1c1cc(F)cc(F)c1. The highest BCUT2D eigenvalue weighted by atomic mass is 19.1. The summed E-state index contributed by atoms with van der Waals surface area (Å²) in [6.45, 7) is 1.28. The van der Waals surface area contributed by atoms with Gasteiger partial charge in [0.15, 0.2) is 0 Å². The first-order valence-corrected chi connectivity index (χ1v) is 9.83. The molecule has 0 fully saturated rings. The maximum Gasteiger partial charge on any atom is 0.318 e. The third-order valence-corrected chi connectivity index (χ3v) is 5.23. The summed E-state index contributed by atoms with van der Waals surface area (Å²) in [7, 11) is 1.61. The Hall–Kier alpha value is -3.19. The lowest BCUT2D eigenvalue weighted by atomic mass is 10.0. The minimum Gasteiger partial charge on any atom is -0.385 e. The van der Waals surface area contributed by atoms with Crippen LogP contribution in [0, 0.1) is 11.6 Å². The van der Waals surface area contributed by atoms with Gasteiger partial charge >= 0.3 is 6.03 Å². The minimum atomic E-state index is -0.676. The number of hydrogen-bond donors (Lipinski definition) is 1. The van der Waals surface area contributed by atoms with Crippen molar-refractivity contribution in [2.75, 3.05) is 20.3 Å². The number of halogens is 2. The van der Waals surface area contributed by atoms with E-state index >= 15 is 0 Å². The van der Waals surface area contributed by atoms with Crippen LogP contribution in [0.4, 0.5) is 13.6 Å². The lowest BCUT2D eigenvalue weighted by Gasteiger charge is -2.31. The lowest BCUT2D eigenvalue weighted by molar-refractivity contribution is 0.174. The van der Waals surface area contributed by atoms with E-state index in [-0.39, 0.29) is 6.03 Å². The molecular weight excluding hydrogens is 388 g/mol. The van der Waals surface area contributed by atoms with Crippen molar-refractivity contribution in [1.29, 1.82) is 0 Å². The van der Waals surface area contributed by atoms with Gasteiger partial charge in [-0.2, -0.15) is 0 Å². The molecule has 1 atom stereocenters. The van der Waals surface area contributed by atoms with Crippen LogP contribution in [-0.2, 0) is 11.3 Å². The highest BCUT2D eigenvalue weighted by molar-refractivity contribution is 5.76. The predicted octanol–water partition coefficient (Wildman–Crippen LogP) is 4.41. The smallest absolute Gasteiger partial charge is 0.318 e. The zero-order chi connectivity index (χ0) is 21.1. The molecule has 4 rings (SSSR count). The van der Waals surface area contributed by atoms with Gasteiger partial charge in [0, 0.05) is 38.2 Å². The molecule has 2 amide bonds. The van der Waals surface area contributed by atoms with Crippen LogP contribution in [0.15, 0.2) is 60.8 Å². The molecule has 3 aromatic rings. The van der Waals surface area contributed by atoms with Gasteiger partial charge in [-0.3, -0.25) is 0 Å². The standard InChI is InChI=1S/C23H23F2N3O2/c1-30-11-5-9-26-23(29)28-15-16-6-2-3-7-20(16)27-10-4-8-21(27)22(28)17-12-18(24)14-19(25)13-17/h2-4,6-8,10,12-14,22H,5,9,11,15H2,1H3,(H,26,29). The summed E-state index contributed by atoms with van der Waals surface area (Å²) in [5, 5.41) is 2.91. The molecule has 2 heterocycles. The number of carbonyl (C=O) groups excluding carboxylic acids is 1. The topological polar surface area (TPSA) is 46.5 Å². The normalized spacial score (nSPS) is 15.3. The predicted molar refractivity (Wildman–Crippen MR) is 109 cm³/mol. The van der Waals surface area contributed by atoms with Crippen LogP contribution in [0.3, 0.4) is 0 Å². The maximum absolute atomic E-state index is 14.1. The molecule has 0 saturated heterocycles. The number of para-hydroxylation sites is 1. The van der Waals surface area contributed by atoms with Gasteiger partial charge < -0.3 is 19.5 Å². The zero-order valence-corrected chi connectivity index (χ0v) is 16.6. The summed E-state index contributed by atoms with van der Waals surface area (Å²) in [6, 6.07) is 14.0. The van der Waals surface area contributed by atoms with Crippen LogP contribution in [-0.4, -0.2) is 35.8 Å². The van der Waals surface area contributed by atoms with Gasteiger partial charge in [0.1, 0.15) is 11.6 Å². The fourth-order valence-corrected chi connectivity index (χ4v) is 3.94. The highest BCUT2D eigenvalue weighted by Gasteiger charge is 2.33. The number of nitrogens with zero attached hydrogens (tertiary/aromatic N) is 2. The number of amides is 2. The summed E-state index contributed by atoms with van der Waals surface area (Å²) in [5.41, 5.74) is 3.03. The van der Waals surface area contributed by atoms with E-state index < -0.39 is 17.7 Å². The summed E-state index contributed by atoms with van der Waals surface area (Å²) < 4.78 is 35.2. The third-order valence-electron chi connectivity index (χ3n) is 5.23. The van der Waals surface area contributed by atoms with Gasteiger partial charge in [-0.1, -0.05) is 18.2 Å². The first-order valence-electron chi connectivity index (χ1n) is 9.83. The number of hydrogen-bond acceptors (Lipinski definition) is 2.